The predicted molar refractivity (Wildman–Crippen MR) is 116 cm³/mol. The number of nitrogens with zero attached hydrogens (tertiary/aromatic N) is 5. The fourth-order valence-corrected chi connectivity index (χ4v) is 5.03. The number of nitrogens with one attached hydrogen (secondary N) is 3. The minimum absolute atomic E-state index is 0.106. The van der Waals surface area contributed by atoms with E-state index in [4.69, 9.17) is 5.26 Å². The number of hydrogen-bond acceptors (Lipinski definition) is 7. The first-order chi connectivity index (χ1) is 15.1. The molecule has 2 aliphatic heterocycles. The van der Waals surface area contributed by atoms with E-state index in [0.717, 1.165) is 25.1 Å². The zero-order valence-electron chi connectivity index (χ0n) is 17.4. The molecule has 31 heavy (non-hydrogen) atoms. The van der Waals surface area contributed by atoms with Gasteiger partial charge in [-0.3, -0.25) is 15.0 Å². The van der Waals surface area contributed by atoms with Gasteiger partial charge in [0.25, 0.3) is 0 Å². The Morgan fingerprint density at radius 1 is 1.29 bits per heavy atom. The van der Waals surface area contributed by atoms with Gasteiger partial charge in [-0.1, -0.05) is 0 Å². The minimum Gasteiger partial charge on any atom is -0.367 e. The molecule has 0 amide bonds. The van der Waals surface area contributed by atoms with E-state index < -0.39 is 5.82 Å². The molecule has 8 nitrogen and oxygen atoms in total. The molecule has 0 spiro atoms. The summed E-state index contributed by atoms with van der Waals surface area (Å²) < 4.78 is 15.1. The van der Waals surface area contributed by atoms with Crippen molar-refractivity contribution in [2.45, 2.75) is 57.2 Å². The van der Waals surface area contributed by atoms with Crippen LogP contribution in [0.4, 0.5) is 21.8 Å². The topological polar surface area (TPSA) is 106 Å². The maximum absolute atomic E-state index is 15.1. The van der Waals surface area contributed by atoms with E-state index in [0.29, 0.717) is 35.5 Å². The molecule has 160 valence electrons. The summed E-state index contributed by atoms with van der Waals surface area (Å²) in [6, 6.07) is 8.93. The van der Waals surface area contributed by atoms with Crippen molar-refractivity contribution >= 4 is 28.4 Å². The van der Waals surface area contributed by atoms with Crippen LogP contribution in [-0.2, 0) is 0 Å². The van der Waals surface area contributed by atoms with E-state index in [1.807, 2.05) is 13.0 Å². The Balaban J connectivity index is 1.42. The van der Waals surface area contributed by atoms with E-state index in [-0.39, 0.29) is 17.4 Å². The number of H-pyrrole nitrogens is 1. The second-order valence-electron chi connectivity index (χ2n) is 8.43. The summed E-state index contributed by atoms with van der Waals surface area (Å²) in [5.74, 6) is 0.755. The van der Waals surface area contributed by atoms with Crippen molar-refractivity contribution < 1.29 is 4.39 Å². The molecule has 2 bridgehead atoms. The third-order valence-electron chi connectivity index (χ3n) is 6.36. The normalized spacial score (nSPS) is 23.1. The summed E-state index contributed by atoms with van der Waals surface area (Å²) in [7, 11) is 0. The van der Waals surface area contributed by atoms with Crippen LogP contribution in [0, 0.1) is 24.1 Å². The van der Waals surface area contributed by atoms with Gasteiger partial charge in [0.15, 0.2) is 17.5 Å². The van der Waals surface area contributed by atoms with Gasteiger partial charge in [0.1, 0.15) is 11.3 Å². The van der Waals surface area contributed by atoms with Crippen molar-refractivity contribution in [2.24, 2.45) is 0 Å². The Morgan fingerprint density at radius 3 is 2.81 bits per heavy atom. The van der Waals surface area contributed by atoms with Crippen LogP contribution >= 0.6 is 0 Å². The highest BCUT2D eigenvalue weighted by Gasteiger charge is 2.40. The molecule has 0 saturated carbocycles. The summed E-state index contributed by atoms with van der Waals surface area (Å²) in [5.41, 5.74) is 1.16. The van der Waals surface area contributed by atoms with Crippen LogP contribution in [0.3, 0.4) is 0 Å². The summed E-state index contributed by atoms with van der Waals surface area (Å²) in [6.45, 7) is 2.73. The Bertz CT molecular complexity index is 1120. The number of aryl methyl sites for hydroxylation is 1. The van der Waals surface area contributed by atoms with Gasteiger partial charge in [-0.05, 0) is 44.7 Å². The zero-order valence-corrected chi connectivity index (χ0v) is 17.4. The van der Waals surface area contributed by atoms with E-state index in [9.17, 15) is 0 Å². The molecule has 1 unspecified atom stereocenters. The van der Waals surface area contributed by atoms with Crippen LogP contribution in [0.5, 0.6) is 0 Å². The van der Waals surface area contributed by atoms with Crippen molar-refractivity contribution in [2.75, 3.05) is 17.2 Å². The lowest BCUT2D eigenvalue weighted by Crippen LogP contribution is -2.47. The molecule has 0 aromatic carbocycles. The van der Waals surface area contributed by atoms with Crippen molar-refractivity contribution in [3.63, 3.8) is 0 Å². The van der Waals surface area contributed by atoms with Crippen LogP contribution in [0.2, 0.25) is 0 Å². The van der Waals surface area contributed by atoms with Crippen LogP contribution < -0.4 is 10.6 Å². The fraction of sp³-hybridized carbons (Fsp3) is 0.455. The van der Waals surface area contributed by atoms with Gasteiger partial charge in [0.2, 0.25) is 0 Å². The van der Waals surface area contributed by atoms with E-state index in [1.54, 1.807) is 18.3 Å². The molecule has 3 atom stereocenters. The molecule has 3 N–H and O–H groups in total. The average Bonchev–Trinajstić information content (AvgIpc) is 3.28. The lowest BCUT2D eigenvalue weighted by molar-refractivity contribution is 0.136. The third-order valence-corrected chi connectivity index (χ3v) is 6.36. The van der Waals surface area contributed by atoms with Crippen molar-refractivity contribution in [3.8, 4) is 6.07 Å². The number of aromatic amines is 1. The van der Waals surface area contributed by atoms with Crippen molar-refractivity contribution in [1.82, 2.24) is 25.1 Å². The summed E-state index contributed by atoms with van der Waals surface area (Å²) >= 11 is 0. The number of aromatic nitrogens is 4. The highest BCUT2D eigenvalue weighted by molar-refractivity contribution is 5.92. The smallest absolute Gasteiger partial charge is 0.192 e. The molecule has 3 aromatic rings. The molecule has 5 heterocycles. The number of nitriles is 1. The Hall–Kier alpha value is -3.25. The van der Waals surface area contributed by atoms with Crippen LogP contribution in [-0.4, -0.2) is 49.7 Å². The van der Waals surface area contributed by atoms with Gasteiger partial charge in [0.05, 0.1) is 6.07 Å². The first kappa shape index (κ1) is 19.7. The maximum Gasteiger partial charge on any atom is 0.192 e. The highest BCUT2D eigenvalue weighted by atomic mass is 19.1. The molecule has 0 radical (unpaired) electrons. The highest BCUT2D eigenvalue weighted by Crippen LogP contribution is 2.38. The first-order valence-electron chi connectivity index (χ1n) is 10.7. The van der Waals surface area contributed by atoms with Crippen LogP contribution in [0.15, 0.2) is 24.4 Å². The zero-order chi connectivity index (χ0) is 21.4. The number of fused-ring (bicyclic) bond motifs is 3. The van der Waals surface area contributed by atoms with E-state index in [2.05, 4.69) is 41.8 Å². The minimum atomic E-state index is -0.492. The number of halogens is 1. The standard InChI is InChI=1S/C22H25FN8/c1-13-10-18(30-29-13)27-22-19(23)20-17(4-2-8-25-20)21(28-22)26-14-11-15-5-6-16(12-14)31(15)9-3-7-24/h2,4,8,10,14-16H,3,5-6,9,11-12H2,1H3,(H3,26,27,28,29,30)/t14?,15-,16+. The third kappa shape index (κ3) is 3.79. The predicted octanol–water partition coefficient (Wildman–Crippen LogP) is 3.87. The fourth-order valence-electron chi connectivity index (χ4n) is 5.03. The quantitative estimate of drug-likeness (QED) is 0.556. The average molecular weight is 420 g/mol. The summed E-state index contributed by atoms with van der Waals surface area (Å²) in [6.07, 6.45) is 6.47. The number of anilines is 3. The molecule has 2 fully saturated rings. The summed E-state index contributed by atoms with van der Waals surface area (Å²) in [4.78, 5) is 11.4. The Morgan fingerprint density at radius 2 is 2.10 bits per heavy atom. The number of hydrogen-bond donors (Lipinski definition) is 3. The summed E-state index contributed by atoms with van der Waals surface area (Å²) in [5, 5.41) is 23.1. The molecule has 2 saturated heterocycles. The number of rotatable bonds is 6. The number of piperidine rings is 1. The van der Waals surface area contributed by atoms with Crippen molar-refractivity contribution in [1.29, 1.82) is 5.26 Å². The molecular weight excluding hydrogens is 395 g/mol. The molecular formula is C22H25FN8. The monoisotopic (exact) mass is 420 g/mol. The second kappa shape index (κ2) is 8.12. The second-order valence-corrected chi connectivity index (χ2v) is 8.43. The lowest BCUT2D eigenvalue weighted by Gasteiger charge is -2.39. The number of pyridine rings is 2. The van der Waals surface area contributed by atoms with E-state index in [1.165, 1.54) is 12.8 Å². The van der Waals surface area contributed by atoms with Gasteiger partial charge in [-0.15, -0.1) is 0 Å². The Kier molecular flexibility index (Phi) is 5.16. The maximum atomic E-state index is 15.1. The molecule has 2 aliphatic rings. The molecule has 9 heteroatoms. The Labute approximate surface area is 179 Å². The molecule has 0 aliphatic carbocycles. The molecule has 5 rings (SSSR count). The first-order valence-corrected chi connectivity index (χ1v) is 10.7. The van der Waals surface area contributed by atoms with E-state index >= 15 is 4.39 Å². The van der Waals surface area contributed by atoms with Gasteiger partial charge < -0.3 is 10.6 Å². The van der Waals surface area contributed by atoms with Gasteiger partial charge >= 0.3 is 0 Å². The van der Waals surface area contributed by atoms with Gasteiger partial charge in [0, 0.05) is 54.4 Å². The van der Waals surface area contributed by atoms with Crippen LogP contribution in [0.25, 0.3) is 10.9 Å². The van der Waals surface area contributed by atoms with Gasteiger partial charge in [-0.25, -0.2) is 9.37 Å². The van der Waals surface area contributed by atoms with Crippen LogP contribution in [0.1, 0.15) is 37.8 Å². The SMILES string of the molecule is Cc1cc(Nc2nc(NC3C[C@H]4CC[C@@H](C3)N4CCC#N)c3cccnc3c2F)n[nH]1. The van der Waals surface area contributed by atoms with Gasteiger partial charge in [-0.2, -0.15) is 10.4 Å². The van der Waals surface area contributed by atoms with Crippen molar-refractivity contribution in [3.05, 3.63) is 35.9 Å². The molecule has 3 aromatic heterocycles. The largest absolute Gasteiger partial charge is 0.367 e. The lowest BCUT2D eigenvalue weighted by atomic mass is 9.97.